The fraction of sp³-hybridized carbons (Fsp3) is 0.310. The predicted molar refractivity (Wildman–Crippen MR) is 140 cm³/mol. The summed E-state index contributed by atoms with van der Waals surface area (Å²) in [5, 5.41) is 6.01. The van der Waals surface area contributed by atoms with Crippen molar-refractivity contribution in [1.82, 2.24) is 4.90 Å². The number of amides is 2. The van der Waals surface area contributed by atoms with Crippen LogP contribution in [0.15, 0.2) is 78.9 Å². The molecule has 1 aliphatic rings. The number of nitrogens with zero attached hydrogens (tertiary/aromatic N) is 1. The number of aryl methyl sites for hydroxylation is 1. The van der Waals surface area contributed by atoms with Crippen LogP contribution in [0.2, 0.25) is 0 Å². The lowest BCUT2D eigenvalue weighted by atomic mass is 10.1. The normalized spacial score (nSPS) is 13.2. The van der Waals surface area contributed by atoms with Gasteiger partial charge in [0.25, 0.3) is 5.91 Å². The lowest BCUT2D eigenvalue weighted by Crippen LogP contribution is -2.35. The van der Waals surface area contributed by atoms with Gasteiger partial charge in [-0.25, -0.2) is 0 Å². The molecule has 0 atom stereocenters. The van der Waals surface area contributed by atoms with E-state index < -0.39 is 0 Å². The average Bonchev–Trinajstić information content (AvgIpc) is 2.91. The van der Waals surface area contributed by atoms with Gasteiger partial charge in [0.15, 0.2) is 0 Å². The van der Waals surface area contributed by atoms with E-state index >= 15 is 0 Å². The van der Waals surface area contributed by atoms with Crippen LogP contribution < -0.4 is 15.4 Å². The van der Waals surface area contributed by atoms with Crippen LogP contribution in [0.25, 0.3) is 0 Å². The van der Waals surface area contributed by atoms with Crippen LogP contribution in [0.3, 0.4) is 0 Å². The van der Waals surface area contributed by atoms with Gasteiger partial charge in [0.2, 0.25) is 5.91 Å². The molecule has 0 saturated carbocycles. The van der Waals surface area contributed by atoms with E-state index in [2.05, 4.69) is 22.8 Å². The molecule has 0 radical (unpaired) electrons. The largest absolute Gasteiger partial charge is 0.494 e. The van der Waals surface area contributed by atoms with Gasteiger partial charge in [-0.05, 0) is 74.1 Å². The molecule has 1 fully saturated rings. The minimum atomic E-state index is -0.158. The molecule has 0 aromatic heterocycles. The third-order valence-electron chi connectivity index (χ3n) is 6.07. The molecule has 2 amide bonds. The Morgan fingerprint density at radius 2 is 1.60 bits per heavy atom. The number of ether oxygens (including phenoxy) is 1. The molecule has 35 heavy (non-hydrogen) atoms. The summed E-state index contributed by atoms with van der Waals surface area (Å²) in [4.78, 5) is 26.9. The predicted octanol–water partition coefficient (Wildman–Crippen LogP) is 5.37. The summed E-state index contributed by atoms with van der Waals surface area (Å²) in [6, 6.07) is 25.1. The summed E-state index contributed by atoms with van der Waals surface area (Å²) in [5.41, 5.74) is 3.45. The minimum absolute atomic E-state index is 0.0615. The molecule has 6 heteroatoms. The second-order valence-electron chi connectivity index (χ2n) is 8.80. The number of nitrogens with one attached hydrogen (secondary N) is 2. The van der Waals surface area contributed by atoms with Crippen molar-refractivity contribution in [2.45, 2.75) is 32.1 Å². The number of piperidine rings is 1. The van der Waals surface area contributed by atoms with Crippen LogP contribution in [0, 0.1) is 0 Å². The van der Waals surface area contributed by atoms with Gasteiger partial charge in [-0.3, -0.25) is 9.59 Å². The standard InChI is InChI=1S/C29H33N3O3/c33-28(31-25-16-14-24(15-17-25)29(34)32-18-5-2-6-19-32)22-30-26-12-7-13-27(21-26)35-20-8-11-23-9-3-1-4-10-23/h1,3-4,7,9-10,12-17,21,30H,2,5-6,8,11,18-20,22H2,(H,31,33). The zero-order chi connectivity index (χ0) is 24.3. The molecule has 0 bridgehead atoms. The number of carbonyl (C=O) groups excluding carboxylic acids is 2. The Morgan fingerprint density at radius 3 is 2.37 bits per heavy atom. The Kier molecular flexibility index (Phi) is 8.76. The van der Waals surface area contributed by atoms with Gasteiger partial charge >= 0.3 is 0 Å². The Balaban J connectivity index is 1.19. The zero-order valence-electron chi connectivity index (χ0n) is 20.0. The van der Waals surface area contributed by atoms with Gasteiger partial charge in [-0.1, -0.05) is 36.4 Å². The van der Waals surface area contributed by atoms with Gasteiger partial charge in [0.05, 0.1) is 13.2 Å². The molecule has 0 aliphatic carbocycles. The third-order valence-corrected chi connectivity index (χ3v) is 6.07. The van der Waals surface area contributed by atoms with E-state index in [1.807, 2.05) is 47.4 Å². The van der Waals surface area contributed by atoms with Crippen molar-refractivity contribution in [3.8, 4) is 5.75 Å². The van der Waals surface area contributed by atoms with E-state index in [0.717, 1.165) is 50.2 Å². The Bertz CT molecular complexity index is 1090. The van der Waals surface area contributed by atoms with Gasteiger partial charge in [-0.15, -0.1) is 0 Å². The van der Waals surface area contributed by atoms with Crippen LogP contribution in [-0.4, -0.2) is 43.0 Å². The highest BCUT2D eigenvalue weighted by molar-refractivity contribution is 5.96. The van der Waals surface area contributed by atoms with Crippen LogP contribution in [0.1, 0.15) is 41.6 Å². The first kappa shape index (κ1) is 24.3. The summed E-state index contributed by atoms with van der Waals surface area (Å²) in [6.07, 6.45) is 5.24. The molecule has 0 unspecified atom stereocenters. The average molecular weight is 472 g/mol. The first-order valence-electron chi connectivity index (χ1n) is 12.4. The number of carbonyl (C=O) groups is 2. The Morgan fingerprint density at radius 1 is 0.829 bits per heavy atom. The van der Waals surface area contributed by atoms with Crippen LogP contribution in [0.4, 0.5) is 11.4 Å². The van der Waals surface area contributed by atoms with Crippen molar-refractivity contribution in [2.24, 2.45) is 0 Å². The molecule has 1 saturated heterocycles. The van der Waals surface area contributed by atoms with E-state index in [1.165, 1.54) is 12.0 Å². The summed E-state index contributed by atoms with van der Waals surface area (Å²) in [5.74, 6) is 0.679. The van der Waals surface area contributed by atoms with E-state index in [9.17, 15) is 9.59 Å². The minimum Gasteiger partial charge on any atom is -0.494 e. The van der Waals surface area contributed by atoms with Gasteiger partial charge in [0.1, 0.15) is 5.75 Å². The topological polar surface area (TPSA) is 70.7 Å². The molecular formula is C29H33N3O3. The molecular weight excluding hydrogens is 438 g/mol. The number of rotatable bonds is 10. The van der Waals surface area contributed by atoms with Gasteiger partial charge in [0, 0.05) is 36.1 Å². The molecule has 3 aromatic carbocycles. The van der Waals surface area contributed by atoms with Crippen LogP contribution in [0.5, 0.6) is 5.75 Å². The summed E-state index contributed by atoms with van der Waals surface area (Å²) in [6.45, 7) is 2.41. The fourth-order valence-corrected chi connectivity index (χ4v) is 4.17. The van der Waals surface area contributed by atoms with Crippen LogP contribution in [-0.2, 0) is 11.2 Å². The van der Waals surface area contributed by atoms with Crippen molar-refractivity contribution < 1.29 is 14.3 Å². The fourth-order valence-electron chi connectivity index (χ4n) is 4.17. The van der Waals surface area contributed by atoms with E-state index in [4.69, 9.17) is 4.74 Å². The number of hydrogen-bond acceptors (Lipinski definition) is 4. The van der Waals surface area contributed by atoms with E-state index in [0.29, 0.717) is 17.9 Å². The summed E-state index contributed by atoms with van der Waals surface area (Å²) in [7, 11) is 0. The molecule has 6 nitrogen and oxygen atoms in total. The number of anilines is 2. The van der Waals surface area contributed by atoms with Crippen molar-refractivity contribution in [1.29, 1.82) is 0 Å². The molecule has 1 aliphatic heterocycles. The quantitative estimate of drug-likeness (QED) is 0.390. The smallest absolute Gasteiger partial charge is 0.253 e. The van der Waals surface area contributed by atoms with Gasteiger partial charge < -0.3 is 20.3 Å². The Labute approximate surface area is 207 Å². The maximum Gasteiger partial charge on any atom is 0.253 e. The number of benzene rings is 3. The second-order valence-corrected chi connectivity index (χ2v) is 8.80. The molecule has 1 heterocycles. The SMILES string of the molecule is O=C(CNc1cccc(OCCCc2ccccc2)c1)Nc1ccc(C(=O)N2CCCCC2)cc1. The van der Waals surface area contributed by atoms with Crippen molar-refractivity contribution >= 4 is 23.2 Å². The number of likely N-dealkylation sites (tertiary alicyclic amines) is 1. The first-order chi connectivity index (χ1) is 17.2. The molecule has 182 valence electrons. The first-order valence-corrected chi connectivity index (χ1v) is 12.4. The molecule has 2 N–H and O–H groups in total. The third kappa shape index (κ3) is 7.60. The summed E-state index contributed by atoms with van der Waals surface area (Å²) < 4.78 is 5.87. The zero-order valence-corrected chi connectivity index (χ0v) is 20.0. The van der Waals surface area contributed by atoms with Crippen molar-refractivity contribution in [2.75, 3.05) is 36.9 Å². The lowest BCUT2D eigenvalue weighted by molar-refractivity contribution is -0.114. The van der Waals surface area contributed by atoms with Crippen molar-refractivity contribution in [3.63, 3.8) is 0 Å². The monoisotopic (exact) mass is 471 g/mol. The van der Waals surface area contributed by atoms with Crippen molar-refractivity contribution in [3.05, 3.63) is 90.0 Å². The molecule has 4 rings (SSSR count). The maximum atomic E-state index is 12.6. The molecule has 0 spiro atoms. The van der Waals surface area contributed by atoms with E-state index in [1.54, 1.807) is 24.3 Å². The van der Waals surface area contributed by atoms with Crippen LogP contribution >= 0.6 is 0 Å². The molecule has 3 aromatic rings. The van der Waals surface area contributed by atoms with E-state index in [-0.39, 0.29) is 18.4 Å². The highest BCUT2D eigenvalue weighted by Crippen LogP contribution is 2.18. The summed E-state index contributed by atoms with van der Waals surface area (Å²) >= 11 is 0. The second kappa shape index (κ2) is 12.6. The highest BCUT2D eigenvalue weighted by atomic mass is 16.5. The van der Waals surface area contributed by atoms with Gasteiger partial charge in [-0.2, -0.15) is 0 Å². The Hall–Kier alpha value is -3.80. The lowest BCUT2D eigenvalue weighted by Gasteiger charge is -2.26. The highest BCUT2D eigenvalue weighted by Gasteiger charge is 2.18. The number of hydrogen-bond donors (Lipinski definition) is 2. The maximum absolute atomic E-state index is 12.6.